The highest BCUT2D eigenvalue weighted by Crippen LogP contribution is 2.23. The van der Waals surface area contributed by atoms with Crippen LogP contribution >= 0.6 is 0 Å². The van der Waals surface area contributed by atoms with E-state index in [1.54, 1.807) is 0 Å². The molecule has 1 aliphatic rings. The molecule has 1 rings (SSSR count). The van der Waals surface area contributed by atoms with Gasteiger partial charge in [-0.3, -0.25) is 9.59 Å². The number of carbonyl (C=O) groups is 2. The maximum absolute atomic E-state index is 12.8. The molecule has 384 valence electrons. The third-order valence-corrected chi connectivity index (χ3v) is 11.8. The molecule has 67 heavy (non-hydrogen) atoms. The smallest absolute Gasteiger partial charge is 0.306 e. The highest BCUT2D eigenvalue weighted by molar-refractivity contribution is 5.70. The third-order valence-electron chi connectivity index (χ3n) is 11.8. The molecular weight excluding hydrogens is 845 g/mol. The Balaban J connectivity index is 2.30. The lowest BCUT2D eigenvalue weighted by Gasteiger charge is -2.39. The number of aliphatic hydroxyl groups excluding tert-OH is 4. The van der Waals surface area contributed by atoms with Crippen LogP contribution in [0.2, 0.25) is 0 Å². The van der Waals surface area contributed by atoms with Gasteiger partial charge in [0.1, 0.15) is 31.0 Å². The van der Waals surface area contributed by atoms with Crippen molar-refractivity contribution in [2.45, 2.75) is 243 Å². The van der Waals surface area contributed by atoms with Crippen molar-refractivity contribution in [1.82, 2.24) is 0 Å². The van der Waals surface area contributed by atoms with E-state index >= 15 is 0 Å². The Morgan fingerprint density at radius 1 is 0.478 bits per heavy atom. The largest absolute Gasteiger partial charge is 0.462 e. The summed E-state index contributed by atoms with van der Waals surface area (Å²) in [4.78, 5) is 25.4. The molecule has 0 saturated carbocycles. The minimum absolute atomic E-state index is 0.0957. The third kappa shape index (κ3) is 37.5. The van der Waals surface area contributed by atoms with Crippen LogP contribution in [0.5, 0.6) is 0 Å². The molecule has 1 aliphatic heterocycles. The van der Waals surface area contributed by atoms with Gasteiger partial charge in [-0.15, -0.1) is 0 Å². The maximum Gasteiger partial charge on any atom is 0.306 e. The van der Waals surface area contributed by atoms with E-state index in [2.05, 4.69) is 86.8 Å². The van der Waals surface area contributed by atoms with Gasteiger partial charge in [0.25, 0.3) is 0 Å². The van der Waals surface area contributed by atoms with Gasteiger partial charge >= 0.3 is 11.9 Å². The first-order chi connectivity index (χ1) is 32.8. The number of allylic oxidation sites excluding steroid dienone is 14. The molecule has 1 fully saturated rings. The molecule has 10 nitrogen and oxygen atoms in total. The number of carbonyl (C=O) groups excluding carboxylic acids is 2. The van der Waals surface area contributed by atoms with E-state index in [1.165, 1.54) is 116 Å². The normalized spacial score (nSPS) is 19.8. The van der Waals surface area contributed by atoms with Crippen LogP contribution in [-0.2, 0) is 28.5 Å². The monoisotopic (exact) mass is 941 g/mol. The van der Waals surface area contributed by atoms with Crippen molar-refractivity contribution in [3.63, 3.8) is 0 Å². The predicted molar refractivity (Wildman–Crippen MR) is 274 cm³/mol. The molecule has 4 N–H and O–H groups in total. The lowest BCUT2D eigenvalue weighted by Crippen LogP contribution is -2.59. The number of rotatable bonds is 44. The minimum atomic E-state index is -1.62. The fraction of sp³-hybridized carbons (Fsp3) is 0.719. The number of aliphatic hydroxyl groups is 4. The number of ether oxygens (including phenoxy) is 4. The van der Waals surface area contributed by atoms with Gasteiger partial charge in [0.15, 0.2) is 12.4 Å². The van der Waals surface area contributed by atoms with Gasteiger partial charge < -0.3 is 39.4 Å². The molecule has 6 atom stereocenters. The van der Waals surface area contributed by atoms with Crippen LogP contribution in [0.1, 0.15) is 206 Å². The number of esters is 2. The van der Waals surface area contributed by atoms with E-state index in [0.717, 1.165) is 51.4 Å². The summed E-state index contributed by atoms with van der Waals surface area (Å²) in [6.45, 7) is 3.23. The van der Waals surface area contributed by atoms with Crippen LogP contribution in [-0.4, -0.2) is 89.0 Å². The van der Waals surface area contributed by atoms with E-state index in [4.69, 9.17) is 18.9 Å². The molecule has 10 heteroatoms. The van der Waals surface area contributed by atoms with Crippen LogP contribution in [0.4, 0.5) is 0 Å². The predicted octanol–water partition coefficient (Wildman–Crippen LogP) is 12.9. The quantitative estimate of drug-likeness (QED) is 0.0264. The van der Waals surface area contributed by atoms with E-state index in [-0.39, 0.29) is 26.1 Å². The Morgan fingerprint density at radius 2 is 0.910 bits per heavy atom. The van der Waals surface area contributed by atoms with Gasteiger partial charge in [-0.25, -0.2) is 0 Å². The fourth-order valence-corrected chi connectivity index (χ4v) is 7.63. The average Bonchev–Trinajstić information content (AvgIpc) is 3.33. The average molecular weight is 941 g/mol. The van der Waals surface area contributed by atoms with Gasteiger partial charge in [0.2, 0.25) is 0 Å². The zero-order valence-corrected chi connectivity index (χ0v) is 42.1. The van der Waals surface area contributed by atoms with Crippen LogP contribution in [0.15, 0.2) is 85.1 Å². The molecule has 2 unspecified atom stereocenters. The second-order valence-electron chi connectivity index (χ2n) is 17.9. The Morgan fingerprint density at radius 3 is 1.39 bits per heavy atom. The van der Waals surface area contributed by atoms with Crippen molar-refractivity contribution in [1.29, 1.82) is 0 Å². The summed E-state index contributed by atoms with van der Waals surface area (Å²) in [6, 6.07) is 0. The fourth-order valence-electron chi connectivity index (χ4n) is 7.63. The highest BCUT2D eigenvalue weighted by Gasteiger charge is 2.44. The number of hydrogen-bond donors (Lipinski definition) is 4. The molecule has 0 aromatic rings. The van der Waals surface area contributed by atoms with Gasteiger partial charge in [-0.1, -0.05) is 208 Å². The molecule has 0 spiro atoms. The lowest BCUT2D eigenvalue weighted by atomic mass is 9.99. The van der Waals surface area contributed by atoms with Gasteiger partial charge in [0, 0.05) is 12.8 Å². The SMILES string of the molecule is CC/C=C/C/C=C/C/C=C/C/C=C/C/C=C/C/C=C/CCC(=O)O[C@@H](COC(=O)CCC/C=C/CCCCCCCCCCCCCCCCCCCC)CO[C@H]1O[C@@H](CO)[C@@H](O)C(O)C1O. The maximum atomic E-state index is 12.8. The standard InChI is InChI=1S/C57H96O10/c1-3-5-7-9-11-13-15-17-19-21-23-24-25-26-28-29-31-33-35-37-39-41-43-45-52(59)64-48-50(49-65-57-56(63)55(62)54(61)51(47-58)67-57)66-53(60)46-44-42-40-38-36-34-32-30-27-22-20-18-16-14-12-10-8-6-4-2/h6,8,12,14,18,20,27,30,34,36-37,39-40,42,50-51,54-58,61-63H,3-5,7,9-11,13,15-17,19,21-26,28-29,31-33,35,38,41,43-49H2,1-2H3/b8-6+,14-12+,20-18+,30-27+,36-34+,39-37+,42-40+/t50-,51-,54+,55?,56?,57-/m0/s1. The molecule has 0 radical (unpaired) electrons. The van der Waals surface area contributed by atoms with Crippen LogP contribution in [0, 0.1) is 0 Å². The van der Waals surface area contributed by atoms with Crippen molar-refractivity contribution in [3.8, 4) is 0 Å². The summed E-state index contributed by atoms with van der Waals surface area (Å²) in [5, 5.41) is 40.2. The zero-order chi connectivity index (χ0) is 48.7. The van der Waals surface area contributed by atoms with Gasteiger partial charge in [0.05, 0.1) is 13.2 Å². The zero-order valence-electron chi connectivity index (χ0n) is 42.1. The first-order valence-electron chi connectivity index (χ1n) is 26.7. The highest BCUT2D eigenvalue weighted by atomic mass is 16.7. The molecule has 0 bridgehead atoms. The Bertz CT molecular complexity index is 1360. The van der Waals surface area contributed by atoms with Crippen molar-refractivity contribution < 1.29 is 49.0 Å². The van der Waals surface area contributed by atoms with E-state index in [0.29, 0.717) is 12.8 Å². The van der Waals surface area contributed by atoms with E-state index in [9.17, 15) is 30.0 Å². The number of unbranched alkanes of at least 4 members (excludes halogenated alkanes) is 19. The topological polar surface area (TPSA) is 152 Å². The molecule has 0 aliphatic carbocycles. The van der Waals surface area contributed by atoms with E-state index in [1.807, 2.05) is 12.2 Å². The molecule has 1 heterocycles. The molecule has 0 amide bonds. The van der Waals surface area contributed by atoms with Crippen LogP contribution in [0.3, 0.4) is 0 Å². The summed E-state index contributed by atoms with van der Waals surface area (Å²) >= 11 is 0. The van der Waals surface area contributed by atoms with Crippen molar-refractivity contribution in [2.75, 3.05) is 19.8 Å². The second kappa shape index (κ2) is 46.6. The first-order valence-corrected chi connectivity index (χ1v) is 26.7. The van der Waals surface area contributed by atoms with Crippen LogP contribution < -0.4 is 0 Å². The minimum Gasteiger partial charge on any atom is -0.462 e. The summed E-state index contributed by atoms with van der Waals surface area (Å²) in [7, 11) is 0. The van der Waals surface area contributed by atoms with E-state index < -0.39 is 55.4 Å². The Hall–Kier alpha value is -3.12. The molecular formula is C57H96O10. The van der Waals surface area contributed by atoms with Crippen molar-refractivity contribution in [2.24, 2.45) is 0 Å². The van der Waals surface area contributed by atoms with Gasteiger partial charge in [-0.2, -0.15) is 0 Å². The Labute approximate surface area is 407 Å². The molecule has 0 aromatic carbocycles. The first kappa shape index (κ1) is 61.9. The molecule has 0 aromatic heterocycles. The van der Waals surface area contributed by atoms with Gasteiger partial charge in [-0.05, 0) is 70.6 Å². The summed E-state index contributed by atoms with van der Waals surface area (Å²) in [6.07, 6.45) is 54.8. The van der Waals surface area contributed by atoms with Crippen molar-refractivity contribution in [3.05, 3.63) is 85.1 Å². The second-order valence-corrected chi connectivity index (χ2v) is 17.9. The van der Waals surface area contributed by atoms with Crippen molar-refractivity contribution >= 4 is 11.9 Å². The lowest BCUT2D eigenvalue weighted by molar-refractivity contribution is -0.305. The summed E-state index contributed by atoms with van der Waals surface area (Å²) < 4.78 is 22.1. The molecule has 1 saturated heterocycles. The van der Waals surface area contributed by atoms with Crippen LogP contribution in [0.25, 0.3) is 0 Å². The summed E-state index contributed by atoms with van der Waals surface area (Å²) in [5.74, 6) is -0.943. The number of hydrogen-bond acceptors (Lipinski definition) is 10. The Kier molecular flexibility index (Phi) is 43.1. The summed E-state index contributed by atoms with van der Waals surface area (Å²) in [5.41, 5.74) is 0.